The predicted molar refractivity (Wildman–Crippen MR) is 247 cm³/mol. The van der Waals surface area contributed by atoms with Gasteiger partial charge in [0.15, 0.2) is 11.7 Å². The molecule has 3 atom stereocenters. The van der Waals surface area contributed by atoms with Gasteiger partial charge in [-0.3, -0.25) is 14.6 Å². The molecule has 0 saturated carbocycles. The molecule has 0 aromatic rings. The first-order chi connectivity index (χ1) is 25.2. The van der Waals surface area contributed by atoms with Gasteiger partial charge in [0.25, 0.3) is 0 Å². The zero-order valence-electron chi connectivity index (χ0n) is 35.5. The van der Waals surface area contributed by atoms with Gasteiger partial charge < -0.3 is 33.6 Å². The maximum absolute atomic E-state index is 13.6. The van der Waals surface area contributed by atoms with Crippen LogP contribution < -0.4 is 28.7 Å². The first-order valence-electron chi connectivity index (χ1n) is 22.0. The topological polar surface area (TPSA) is 180 Å². The zero-order valence-corrected chi connectivity index (χ0v) is 38.0. The van der Waals surface area contributed by atoms with Crippen LogP contribution in [0.15, 0.2) is 17.1 Å². The van der Waals surface area contributed by atoms with Crippen LogP contribution in [-0.2, 0) is 9.59 Å². The summed E-state index contributed by atoms with van der Waals surface area (Å²) >= 11 is 0. The van der Waals surface area contributed by atoms with E-state index in [2.05, 4.69) is 31.0 Å². The van der Waals surface area contributed by atoms with Gasteiger partial charge in [-0.2, -0.15) is 0 Å². The molecule has 0 radical (unpaired) electrons. The number of nitrogens with two attached hydrogens (primary N) is 5. The van der Waals surface area contributed by atoms with Crippen LogP contribution in [0.4, 0.5) is 0 Å². The number of aliphatic imine (C=N–C) groups is 1. The maximum Gasteiger partial charge on any atom is 0.241 e. The monoisotopic (exact) mass is 842 g/mol. The highest BCUT2D eigenvalue weighted by atomic mass is 35.5. The van der Waals surface area contributed by atoms with Crippen LogP contribution in [0.5, 0.6) is 0 Å². The fraction of sp³-hybridized carbons (Fsp3) is 0.884. The minimum absolute atomic E-state index is 0. The second kappa shape index (κ2) is 45.6. The van der Waals surface area contributed by atoms with Gasteiger partial charge in [0.05, 0.1) is 6.04 Å². The van der Waals surface area contributed by atoms with Crippen molar-refractivity contribution in [1.29, 1.82) is 0 Å². The summed E-state index contributed by atoms with van der Waals surface area (Å²) in [7, 11) is 0. The second-order valence-electron chi connectivity index (χ2n) is 15.4. The summed E-state index contributed by atoms with van der Waals surface area (Å²) in [4.78, 5) is 32.2. The molecular weight excluding hydrogens is 753 g/mol. The Hall–Kier alpha value is -1.10. The van der Waals surface area contributed by atoms with E-state index in [9.17, 15) is 9.59 Å². The number of unbranched alkanes of at least 4 members (excludes halogenated alkanes) is 25. The van der Waals surface area contributed by atoms with Crippen LogP contribution >= 0.6 is 37.2 Å². The van der Waals surface area contributed by atoms with Gasteiger partial charge in [-0.05, 0) is 44.9 Å². The minimum atomic E-state index is -1.08. The number of ketones is 1. The van der Waals surface area contributed by atoms with Gasteiger partial charge in [-0.1, -0.05) is 167 Å². The number of Topliss-reactive ketones (excluding diaryl/α,β-unsaturated/α-hetero) is 1. The first kappa shape index (κ1) is 60.6. The Morgan fingerprint density at radius 3 is 1.24 bits per heavy atom. The van der Waals surface area contributed by atoms with E-state index in [0.717, 1.165) is 25.7 Å². The number of hydrogen-bond donors (Lipinski definition) is 5. The Bertz CT molecular complexity index is 894. The van der Waals surface area contributed by atoms with Gasteiger partial charge in [0.2, 0.25) is 5.91 Å². The highest BCUT2D eigenvalue weighted by Crippen LogP contribution is 2.15. The summed E-state index contributed by atoms with van der Waals surface area (Å²) in [5, 5.41) is 0. The number of carbonyl (C=O) groups excluding carboxylic acids is 2. The smallest absolute Gasteiger partial charge is 0.241 e. The molecule has 1 amide bonds. The molecule has 0 aliphatic carbocycles. The molecule has 0 rings (SSSR count). The number of nitrogens with zero attached hydrogens (tertiary/aromatic N) is 2. The molecule has 0 heterocycles. The molecule has 0 spiro atoms. The lowest BCUT2D eigenvalue weighted by molar-refractivity contribution is -0.135. The summed E-state index contributed by atoms with van der Waals surface area (Å²) in [6.45, 7) is 6.19. The van der Waals surface area contributed by atoms with E-state index in [4.69, 9.17) is 28.7 Å². The van der Waals surface area contributed by atoms with Gasteiger partial charge in [-0.15, -0.1) is 37.2 Å². The molecule has 0 saturated heterocycles. The van der Waals surface area contributed by atoms with Crippen molar-refractivity contribution in [2.75, 3.05) is 19.6 Å². The van der Waals surface area contributed by atoms with E-state index in [1.54, 1.807) is 0 Å². The SMILES string of the molecule is CCCCCCCC/C=C\CCCCCCCCN(CCCCCCCCCCCCCCCC)C(=O)C(N)C(N)C(=O)C[C@H](N)CCN=C(N)N.Cl.Cl.Cl. The fourth-order valence-electron chi connectivity index (χ4n) is 6.80. The van der Waals surface area contributed by atoms with Crippen molar-refractivity contribution < 1.29 is 9.59 Å². The molecule has 330 valence electrons. The van der Waals surface area contributed by atoms with Gasteiger partial charge in [0.1, 0.15) is 6.04 Å². The van der Waals surface area contributed by atoms with E-state index in [1.165, 1.54) is 154 Å². The molecule has 0 aliphatic rings. The number of halogens is 3. The van der Waals surface area contributed by atoms with Gasteiger partial charge in [0, 0.05) is 32.1 Å². The highest BCUT2D eigenvalue weighted by molar-refractivity contribution is 5.93. The third-order valence-electron chi connectivity index (χ3n) is 10.3. The zero-order chi connectivity index (χ0) is 38.5. The molecule has 0 aliphatic heterocycles. The summed E-state index contributed by atoms with van der Waals surface area (Å²) < 4.78 is 0. The summed E-state index contributed by atoms with van der Waals surface area (Å²) in [6.07, 6.45) is 40.8. The van der Waals surface area contributed by atoms with Crippen molar-refractivity contribution in [2.24, 2.45) is 33.7 Å². The fourth-order valence-corrected chi connectivity index (χ4v) is 6.80. The third kappa shape index (κ3) is 39.5. The Labute approximate surface area is 358 Å². The largest absolute Gasteiger partial charge is 0.370 e. The van der Waals surface area contributed by atoms with Crippen LogP contribution in [0.2, 0.25) is 0 Å². The number of rotatable bonds is 39. The Kier molecular flexibility index (Phi) is 50.2. The van der Waals surface area contributed by atoms with Gasteiger partial charge >= 0.3 is 0 Å². The maximum atomic E-state index is 13.6. The molecule has 55 heavy (non-hydrogen) atoms. The standard InChI is InChI=1S/C43H87N7O2.3ClH/c1-3-5-7-9-11-13-15-17-19-20-22-24-26-28-30-32-36-50(35-31-29-27-25-23-21-18-16-14-12-10-8-6-4-2)42(52)41(46)40(45)39(51)37-38(44)33-34-49-43(47)48;;;/h17,19,38,40-41H,3-16,18,20-37,44-46H2,1-2H3,(H4,47,48,49);3*1H/b19-17-;;;/t38-,40?,41?;;;/m1.../s1. The lowest BCUT2D eigenvalue weighted by atomic mass is 9.97. The van der Waals surface area contributed by atoms with Gasteiger partial charge in [-0.25, -0.2) is 0 Å². The van der Waals surface area contributed by atoms with E-state index in [-0.39, 0.29) is 61.3 Å². The van der Waals surface area contributed by atoms with Crippen LogP contribution in [0.3, 0.4) is 0 Å². The van der Waals surface area contributed by atoms with Crippen LogP contribution in [0.25, 0.3) is 0 Å². The van der Waals surface area contributed by atoms with Crippen LogP contribution in [-0.4, -0.2) is 60.3 Å². The Morgan fingerprint density at radius 2 is 0.873 bits per heavy atom. The molecular formula is C43H90Cl3N7O2. The summed E-state index contributed by atoms with van der Waals surface area (Å²) in [5.41, 5.74) is 29.5. The van der Waals surface area contributed by atoms with Crippen molar-refractivity contribution in [3.8, 4) is 0 Å². The average Bonchev–Trinajstić information content (AvgIpc) is 3.12. The molecule has 2 unspecified atom stereocenters. The lowest BCUT2D eigenvalue weighted by Crippen LogP contribution is -2.57. The Morgan fingerprint density at radius 1 is 0.527 bits per heavy atom. The first-order valence-corrected chi connectivity index (χ1v) is 22.0. The summed E-state index contributed by atoms with van der Waals surface area (Å²) in [5.74, 6) is -0.535. The van der Waals surface area contributed by atoms with E-state index < -0.39 is 18.1 Å². The quantitative estimate of drug-likeness (QED) is 0.0177. The Balaban J connectivity index is -0.00000433. The molecule has 9 nitrogen and oxygen atoms in total. The molecule has 0 aromatic carbocycles. The highest BCUT2D eigenvalue weighted by Gasteiger charge is 2.31. The number of amides is 1. The van der Waals surface area contributed by atoms with Crippen molar-refractivity contribution in [3.05, 3.63) is 12.2 Å². The van der Waals surface area contributed by atoms with Crippen LogP contribution in [0, 0.1) is 0 Å². The number of carbonyl (C=O) groups is 2. The van der Waals surface area contributed by atoms with Crippen molar-refractivity contribution in [1.82, 2.24) is 4.90 Å². The summed E-state index contributed by atoms with van der Waals surface area (Å²) in [6, 6.07) is -2.60. The molecule has 0 aromatic heterocycles. The molecule has 0 bridgehead atoms. The normalized spacial score (nSPS) is 12.6. The second-order valence-corrected chi connectivity index (χ2v) is 15.4. The van der Waals surface area contributed by atoms with E-state index in [1.807, 2.05) is 4.90 Å². The van der Waals surface area contributed by atoms with Crippen molar-refractivity contribution >= 4 is 54.9 Å². The van der Waals surface area contributed by atoms with E-state index >= 15 is 0 Å². The molecule has 10 N–H and O–H groups in total. The van der Waals surface area contributed by atoms with E-state index in [0.29, 0.717) is 26.1 Å². The van der Waals surface area contributed by atoms with Crippen molar-refractivity contribution in [2.45, 2.75) is 225 Å². The number of guanidine groups is 1. The van der Waals surface area contributed by atoms with Crippen LogP contribution in [0.1, 0.15) is 206 Å². The number of allylic oxidation sites excluding steroid dienone is 2. The van der Waals surface area contributed by atoms with Crippen molar-refractivity contribution in [3.63, 3.8) is 0 Å². The third-order valence-corrected chi connectivity index (χ3v) is 10.3. The number of hydrogen-bond acceptors (Lipinski definition) is 6. The molecule has 0 fully saturated rings. The average molecular weight is 844 g/mol. The predicted octanol–water partition coefficient (Wildman–Crippen LogP) is 10.2. The lowest BCUT2D eigenvalue weighted by Gasteiger charge is -2.28. The minimum Gasteiger partial charge on any atom is -0.370 e. The molecule has 12 heteroatoms.